The van der Waals surface area contributed by atoms with E-state index in [1.54, 1.807) is 6.92 Å². The minimum atomic E-state index is -0.269. The number of allylic oxidation sites excluding steroid dienone is 4. The standard InChI is InChI=1S/C11H17F/c1-8(2)7-10(12)9(3)11(4,5)6/h7H,1,3H2,2,4-6H3/b10-7+. The highest BCUT2D eigenvalue weighted by Gasteiger charge is 2.18. The number of halogens is 1. The topological polar surface area (TPSA) is 0 Å². The molecule has 0 aromatic rings. The number of rotatable bonds is 2. The van der Waals surface area contributed by atoms with E-state index in [-0.39, 0.29) is 11.2 Å². The molecule has 68 valence electrons. The highest BCUT2D eigenvalue weighted by atomic mass is 19.1. The van der Waals surface area contributed by atoms with Crippen molar-refractivity contribution in [2.75, 3.05) is 0 Å². The Kier molecular flexibility index (Phi) is 3.44. The van der Waals surface area contributed by atoms with Gasteiger partial charge in [-0.05, 0) is 24.0 Å². The molecule has 0 aromatic heterocycles. The van der Waals surface area contributed by atoms with Gasteiger partial charge in [0.2, 0.25) is 0 Å². The first-order chi connectivity index (χ1) is 5.25. The van der Waals surface area contributed by atoms with Crippen LogP contribution in [0.3, 0.4) is 0 Å². The minimum absolute atomic E-state index is 0.212. The molecule has 0 amide bonds. The third-order valence-corrected chi connectivity index (χ3v) is 1.57. The molecule has 0 nitrogen and oxygen atoms in total. The van der Waals surface area contributed by atoms with Gasteiger partial charge >= 0.3 is 0 Å². The Bertz CT molecular complexity index is 226. The molecule has 0 N–H and O–H groups in total. The number of hydrogen-bond acceptors (Lipinski definition) is 0. The van der Waals surface area contributed by atoms with E-state index >= 15 is 0 Å². The monoisotopic (exact) mass is 168 g/mol. The van der Waals surface area contributed by atoms with Crippen molar-refractivity contribution in [3.63, 3.8) is 0 Å². The largest absolute Gasteiger partial charge is 0.207 e. The molecule has 0 rings (SSSR count). The van der Waals surface area contributed by atoms with E-state index in [0.29, 0.717) is 11.1 Å². The molecule has 0 aliphatic heterocycles. The van der Waals surface area contributed by atoms with Crippen LogP contribution in [0.1, 0.15) is 27.7 Å². The SMILES string of the molecule is C=C(C)/C=C(/F)C(=C)C(C)(C)C. The lowest BCUT2D eigenvalue weighted by Crippen LogP contribution is -2.08. The fraction of sp³-hybridized carbons (Fsp3) is 0.455. The molecule has 0 unspecified atom stereocenters. The summed E-state index contributed by atoms with van der Waals surface area (Å²) in [7, 11) is 0. The van der Waals surface area contributed by atoms with Gasteiger partial charge in [0.15, 0.2) is 0 Å². The van der Waals surface area contributed by atoms with Crippen LogP contribution < -0.4 is 0 Å². The van der Waals surface area contributed by atoms with Crippen molar-refractivity contribution >= 4 is 0 Å². The molecule has 12 heavy (non-hydrogen) atoms. The van der Waals surface area contributed by atoms with Gasteiger partial charge < -0.3 is 0 Å². The highest BCUT2D eigenvalue weighted by molar-refractivity contribution is 5.32. The zero-order chi connectivity index (χ0) is 9.94. The second-order valence-electron chi connectivity index (χ2n) is 4.07. The summed E-state index contributed by atoms with van der Waals surface area (Å²) in [5.74, 6) is -0.269. The normalized spacial score (nSPS) is 12.9. The lowest BCUT2D eigenvalue weighted by molar-refractivity contribution is 0.476. The molecule has 0 spiro atoms. The van der Waals surface area contributed by atoms with Crippen LogP contribution in [-0.4, -0.2) is 0 Å². The lowest BCUT2D eigenvalue weighted by Gasteiger charge is -2.20. The minimum Gasteiger partial charge on any atom is -0.207 e. The average molecular weight is 168 g/mol. The first kappa shape index (κ1) is 11.2. The fourth-order valence-electron chi connectivity index (χ4n) is 0.662. The van der Waals surface area contributed by atoms with E-state index in [2.05, 4.69) is 13.2 Å². The Morgan fingerprint density at radius 2 is 1.67 bits per heavy atom. The van der Waals surface area contributed by atoms with Gasteiger partial charge in [-0.15, -0.1) is 0 Å². The van der Waals surface area contributed by atoms with Crippen LogP contribution in [-0.2, 0) is 0 Å². The molecule has 0 heterocycles. The van der Waals surface area contributed by atoms with E-state index < -0.39 is 0 Å². The molecule has 0 aromatic carbocycles. The molecule has 0 saturated heterocycles. The van der Waals surface area contributed by atoms with Crippen LogP contribution >= 0.6 is 0 Å². The van der Waals surface area contributed by atoms with Gasteiger partial charge in [-0.1, -0.05) is 39.5 Å². The van der Waals surface area contributed by atoms with E-state index in [1.807, 2.05) is 20.8 Å². The van der Waals surface area contributed by atoms with Crippen LogP contribution in [0.5, 0.6) is 0 Å². The zero-order valence-electron chi connectivity index (χ0n) is 8.37. The first-order valence-corrected chi connectivity index (χ1v) is 3.97. The average Bonchev–Trinajstić information content (AvgIpc) is 1.82. The molecule has 1 heteroatoms. The van der Waals surface area contributed by atoms with Crippen molar-refractivity contribution in [2.24, 2.45) is 5.41 Å². The molecule has 0 atom stereocenters. The Morgan fingerprint density at radius 3 is 1.92 bits per heavy atom. The van der Waals surface area contributed by atoms with Crippen molar-refractivity contribution < 1.29 is 4.39 Å². The molecule has 0 aliphatic carbocycles. The van der Waals surface area contributed by atoms with Gasteiger partial charge in [-0.25, -0.2) is 4.39 Å². The second kappa shape index (κ2) is 3.70. The van der Waals surface area contributed by atoms with Crippen molar-refractivity contribution in [1.29, 1.82) is 0 Å². The predicted molar refractivity (Wildman–Crippen MR) is 52.6 cm³/mol. The zero-order valence-corrected chi connectivity index (χ0v) is 8.37. The van der Waals surface area contributed by atoms with Crippen molar-refractivity contribution in [3.05, 3.63) is 36.2 Å². The van der Waals surface area contributed by atoms with Gasteiger partial charge in [0.25, 0.3) is 0 Å². The molecule has 0 bridgehead atoms. The second-order valence-corrected chi connectivity index (χ2v) is 4.07. The van der Waals surface area contributed by atoms with Crippen LogP contribution in [0, 0.1) is 5.41 Å². The molecular weight excluding hydrogens is 151 g/mol. The fourth-order valence-corrected chi connectivity index (χ4v) is 0.662. The molecule has 0 radical (unpaired) electrons. The summed E-state index contributed by atoms with van der Waals surface area (Å²) in [5, 5.41) is 0. The highest BCUT2D eigenvalue weighted by Crippen LogP contribution is 2.30. The van der Waals surface area contributed by atoms with Gasteiger partial charge in [-0.2, -0.15) is 0 Å². The predicted octanol–water partition coefficient (Wildman–Crippen LogP) is 4.02. The molecular formula is C11H17F. The van der Waals surface area contributed by atoms with Crippen LogP contribution in [0.4, 0.5) is 4.39 Å². The van der Waals surface area contributed by atoms with E-state index in [1.165, 1.54) is 6.08 Å². The van der Waals surface area contributed by atoms with Gasteiger partial charge in [-0.3, -0.25) is 0 Å². The van der Waals surface area contributed by atoms with Crippen molar-refractivity contribution in [3.8, 4) is 0 Å². The van der Waals surface area contributed by atoms with E-state index in [9.17, 15) is 4.39 Å². The van der Waals surface area contributed by atoms with Gasteiger partial charge in [0.1, 0.15) is 5.83 Å². The summed E-state index contributed by atoms with van der Waals surface area (Å²) < 4.78 is 13.2. The Labute approximate surface area is 74.5 Å². The quantitative estimate of drug-likeness (QED) is 0.546. The van der Waals surface area contributed by atoms with Gasteiger partial charge in [0.05, 0.1) is 0 Å². The van der Waals surface area contributed by atoms with E-state index in [4.69, 9.17) is 0 Å². The summed E-state index contributed by atoms with van der Waals surface area (Å²) in [6, 6.07) is 0. The summed E-state index contributed by atoms with van der Waals surface area (Å²) in [6.45, 7) is 14.9. The summed E-state index contributed by atoms with van der Waals surface area (Å²) in [6.07, 6.45) is 1.41. The maximum Gasteiger partial charge on any atom is 0.126 e. The van der Waals surface area contributed by atoms with Crippen LogP contribution in [0.25, 0.3) is 0 Å². The lowest BCUT2D eigenvalue weighted by atomic mass is 9.86. The number of hydrogen-bond donors (Lipinski definition) is 0. The first-order valence-electron chi connectivity index (χ1n) is 3.97. The summed E-state index contributed by atoms with van der Waals surface area (Å²) in [5.41, 5.74) is 1.01. The molecule has 0 aliphatic rings. The van der Waals surface area contributed by atoms with Crippen molar-refractivity contribution in [2.45, 2.75) is 27.7 Å². The smallest absolute Gasteiger partial charge is 0.126 e. The summed E-state index contributed by atoms with van der Waals surface area (Å²) >= 11 is 0. The van der Waals surface area contributed by atoms with Crippen molar-refractivity contribution in [1.82, 2.24) is 0 Å². The van der Waals surface area contributed by atoms with E-state index in [0.717, 1.165) is 0 Å². The Balaban J connectivity index is 4.63. The third-order valence-electron chi connectivity index (χ3n) is 1.57. The third kappa shape index (κ3) is 3.51. The summed E-state index contributed by atoms with van der Waals surface area (Å²) in [4.78, 5) is 0. The maximum absolute atomic E-state index is 13.2. The Hall–Kier alpha value is -0.850. The Morgan fingerprint density at radius 1 is 1.25 bits per heavy atom. The van der Waals surface area contributed by atoms with Crippen LogP contribution in [0.2, 0.25) is 0 Å². The molecule has 0 fully saturated rings. The van der Waals surface area contributed by atoms with Gasteiger partial charge in [0, 0.05) is 0 Å². The maximum atomic E-state index is 13.2. The van der Waals surface area contributed by atoms with Crippen LogP contribution in [0.15, 0.2) is 36.2 Å². The molecule has 0 saturated carbocycles.